The van der Waals surface area contributed by atoms with E-state index in [2.05, 4.69) is 40.8 Å². The second-order valence-electron chi connectivity index (χ2n) is 5.11. The summed E-state index contributed by atoms with van der Waals surface area (Å²) in [5.74, 6) is 0.795. The van der Waals surface area contributed by atoms with Crippen LogP contribution in [0.2, 0.25) is 0 Å². The van der Waals surface area contributed by atoms with Gasteiger partial charge < -0.3 is 10.1 Å². The average molecular weight is 229 g/mol. The van der Waals surface area contributed by atoms with Gasteiger partial charge in [-0.25, -0.2) is 4.98 Å². The molecule has 2 N–H and O–H groups in total. The van der Waals surface area contributed by atoms with Crippen molar-refractivity contribution in [3.8, 4) is 0 Å². The standard InChI is InChI=1S/C14H19N3/c1-2-12(15)7-13-9-17-8-11(10-3-4-10)5-6-14(17)16-13/h5-6,8-10,12H,2-4,7,15H2,1H3/t12-/m1/s1. The largest absolute Gasteiger partial charge is 0.327 e. The van der Waals surface area contributed by atoms with E-state index in [-0.39, 0.29) is 6.04 Å². The van der Waals surface area contributed by atoms with Crippen molar-refractivity contribution in [2.24, 2.45) is 5.73 Å². The van der Waals surface area contributed by atoms with Gasteiger partial charge >= 0.3 is 0 Å². The number of nitrogens with two attached hydrogens (primary N) is 1. The Bertz CT molecular complexity index is 525. The van der Waals surface area contributed by atoms with E-state index in [0.717, 1.165) is 30.1 Å². The molecular formula is C14H19N3. The fourth-order valence-corrected chi connectivity index (χ4v) is 2.23. The van der Waals surface area contributed by atoms with Gasteiger partial charge in [-0.15, -0.1) is 0 Å². The predicted molar refractivity (Wildman–Crippen MR) is 69.1 cm³/mol. The van der Waals surface area contributed by atoms with Crippen LogP contribution in [0, 0.1) is 0 Å². The van der Waals surface area contributed by atoms with E-state index in [9.17, 15) is 0 Å². The molecule has 1 fully saturated rings. The first-order valence-electron chi connectivity index (χ1n) is 6.49. The van der Waals surface area contributed by atoms with Crippen LogP contribution < -0.4 is 5.73 Å². The van der Waals surface area contributed by atoms with Gasteiger partial charge in [0.1, 0.15) is 5.65 Å². The van der Waals surface area contributed by atoms with E-state index < -0.39 is 0 Å². The summed E-state index contributed by atoms with van der Waals surface area (Å²) in [7, 11) is 0. The van der Waals surface area contributed by atoms with Crippen molar-refractivity contribution in [2.75, 3.05) is 0 Å². The molecule has 2 heterocycles. The number of hydrogen-bond acceptors (Lipinski definition) is 2. The summed E-state index contributed by atoms with van der Waals surface area (Å²) in [4.78, 5) is 4.60. The molecule has 3 heteroatoms. The number of nitrogens with zero attached hydrogens (tertiary/aromatic N) is 2. The van der Waals surface area contributed by atoms with Gasteiger partial charge in [0.05, 0.1) is 5.69 Å². The first kappa shape index (κ1) is 10.8. The molecule has 90 valence electrons. The van der Waals surface area contributed by atoms with Crippen LogP contribution in [0.4, 0.5) is 0 Å². The summed E-state index contributed by atoms with van der Waals surface area (Å²) >= 11 is 0. The van der Waals surface area contributed by atoms with Crippen LogP contribution in [0.3, 0.4) is 0 Å². The molecule has 2 aromatic heterocycles. The third-order valence-electron chi connectivity index (χ3n) is 3.57. The maximum Gasteiger partial charge on any atom is 0.136 e. The Morgan fingerprint density at radius 3 is 2.94 bits per heavy atom. The highest BCUT2D eigenvalue weighted by Crippen LogP contribution is 2.39. The lowest BCUT2D eigenvalue weighted by Crippen LogP contribution is -2.21. The normalized spacial score (nSPS) is 17.5. The summed E-state index contributed by atoms with van der Waals surface area (Å²) in [5.41, 5.74) is 9.55. The maximum absolute atomic E-state index is 5.97. The summed E-state index contributed by atoms with van der Waals surface area (Å²) in [6, 6.07) is 4.56. The zero-order chi connectivity index (χ0) is 11.8. The lowest BCUT2D eigenvalue weighted by Gasteiger charge is -2.04. The van der Waals surface area contributed by atoms with E-state index in [4.69, 9.17) is 5.73 Å². The molecule has 2 aromatic rings. The Hall–Kier alpha value is -1.35. The molecule has 17 heavy (non-hydrogen) atoms. The smallest absolute Gasteiger partial charge is 0.136 e. The number of hydrogen-bond donors (Lipinski definition) is 1. The molecule has 0 spiro atoms. The van der Waals surface area contributed by atoms with Crippen molar-refractivity contribution in [3.05, 3.63) is 35.8 Å². The Kier molecular flexibility index (Phi) is 2.63. The van der Waals surface area contributed by atoms with Crippen LogP contribution >= 0.6 is 0 Å². The molecule has 1 saturated carbocycles. The van der Waals surface area contributed by atoms with Crippen LogP contribution in [0.5, 0.6) is 0 Å². The van der Waals surface area contributed by atoms with Crippen molar-refractivity contribution < 1.29 is 0 Å². The first-order valence-corrected chi connectivity index (χ1v) is 6.49. The summed E-state index contributed by atoms with van der Waals surface area (Å²) in [6.45, 7) is 2.12. The van der Waals surface area contributed by atoms with Gasteiger partial charge in [0.25, 0.3) is 0 Å². The van der Waals surface area contributed by atoms with Crippen LogP contribution in [0.1, 0.15) is 43.4 Å². The number of fused-ring (bicyclic) bond motifs is 1. The molecule has 1 aliphatic carbocycles. The summed E-state index contributed by atoms with van der Waals surface area (Å²) < 4.78 is 2.14. The van der Waals surface area contributed by atoms with Gasteiger partial charge in [-0.05, 0) is 36.8 Å². The van der Waals surface area contributed by atoms with Crippen molar-refractivity contribution in [3.63, 3.8) is 0 Å². The summed E-state index contributed by atoms with van der Waals surface area (Å²) in [6.07, 6.45) is 8.90. The fraction of sp³-hybridized carbons (Fsp3) is 0.500. The van der Waals surface area contributed by atoms with Crippen LogP contribution in [0.25, 0.3) is 5.65 Å². The lowest BCUT2D eigenvalue weighted by molar-refractivity contribution is 0.639. The van der Waals surface area contributed by atoms with E-state index in [1.165, 1.54) is 18.4 Å². The van der Waals surface area contributed by atoms with Crippen LogP contribution in [-0.4, -0.2) is 15.4 Å². The Morgan fingerprint density at radius 2 is 2.24 bits per heavy atom. The highest BCUT2D eigenvalue weighted by Gasteiger charge is 2.23. The summed E-state index contributed by atoms with van der Waals surface area (Å²) in [5, 5.41) is 0. The van der Waals surface area contributed by atoms with Gasteiger partial charge in [-0.2, -0.15) is 0 Å². The molecule has 0 aliphatic heterocycles. The van der Waals surface area contributed by atoms with Crippen molar-refractivity contribution >= 4 is 5.65 Å². The van der Waals surface area contributed by atoms with Gasteiger partial charge in [-0.1, -0.05) is 13.0 Å². The van der Waals surface area contributed by atoms with Gasteiger partial charge in [0.2, 0.25) is 0 Å². The lowest BCUT2D eigenvalue weighted by atomic mass is 10.1. The topological polar surface area (TPSA) is 43.3 Å². The molecule has 1 atom stereocenters. The Labute approximate surface area is 102 Å². The molecule has 0 bridgehead atoms. The molecule has 0 amide bonds. The van der Waals surface area contributed by atoms with E-state index >= 15 is 0 Å². The molecule has 0 aromatic carbocycles. The van der Waals surface area contributed by atoms with Gasteiger partial charge in [-0.3, -0.25) is 0 Å². The van der Waals surface area contributed by atoms with Crippen molar-refractivity contribution in [2.45, 2.75) is 44.6 Å². The predicted octanol–water partition coefficient (Wildman–Crippen LogP) is 2.49. The molecular weight excluding hydrogens is 210 g/mol. The highest BCUT2D eigenvalue weighted by molar-refractivity contribution is 5.42. The number of pyridine rings is 1. The molecule has 3 rings (SSSR count). The highest BCUT2D eigenvalue weighted by atomic mass is 15.0. The van der Waals surface area contributed by atoms with E-state index in [1.54, 1.807) is 0 Å². The van der Waals surface area contributed by atoms with Gasteiger partial charge in [0, 0.05) is 24.9 Å². The monoisotopic (exact) mass is 229 g/mol. The Morgan fingerprint density at radius 1 is 1.41 bits per heavy atom. The SMILES string of the molecule is CC[C@@H](N)Cc1cn2cc(C3CC3)ccc2n1. The second-order valence-corrected chi connectivity index (χ2v) is 5.11. The molecule has 0 unspecified atom stereocenters. The number of imidazole rings is 1. The van der Waals surface area contributed by atoms with E-state index in [0.29, 0.717) is 0 Å². The molecule has 1 aliphatic rings. The quantitative estimate of drug-likeness (QED) is 0.875. The molecule has 3 nitrogen and oxygen atoms in total. The minimum absolute atomic E-state index is 0.225. The minimum Gasteiger partial charge on any atom is -0.327 e. The van der Waals surface area contributed by atoms with Crippen LogP contribution in [-0.2, 0) is 6.42 Å². The maximum atomic E-state index is 5.97. The first-order chi connectivity index (χ1) is 8.26. The molecule has 0 saturated heterocycles. The second kappa shape index (κ2) is 4.15. The Balaban J connectivity index is 1.89. The molecule has 0 radical (unpaired) electrons. The number of rotatable bonds is 4. The van der Waals surface area contributed by atoms with Crippen LogP contribution in [0.15, 0.2) is 24.5 Å². The number of aromatic nitrogens is 2. The minimum atomic E-state index is 0.225. The van der Waals surface area contributed by atoms with E-state index in [1.807, 2.05) is 0 Å². The third-order valence-corrected chi connectivity index (χ3v) is 3.57. The van der Waals surface area contributed by atoms with Gasteiger partial charge in [0.15, 0.2) is 0 Å². The third kappa shape index (κ3) is 2.20. The fourth-order valence-electron chi connectivity index (χ4n) is 2.23. The average Bonchev–Trinajstić information content (AvgIpc) is 3.09. The van der Waals surface area contributed by atoms with Crippen molar-refractivity contribution in [1.29, 1.82) is 0 Å². The van der Waals surface area contributed by atoms with Crippen molar-refractivity contribution in [1.82, 2.24) is 9.38 Å². The zero-order valence-electron chi connectivity index (χ0n) is 10.3. The zero-order valence-corrected chi connectivity index (χ0v) is 10.3.